The van der Waals surface area contributed by atoms with Crippen molar-refractivity contribution in [2.75, 3.05) is 13.1 Å². The first-order chi connectivity index (χ1) is 10.8. The number of hydrogen-bond acceptors (Lipinski definition) is 5. The summed E-state index contributed by atoms with van der Waals surface area (Å²) in [6.45, 7) is 2.49. The van der Waals surface area contributed by atoms with Gasteiger partial charge in [0, 0.05) is 30.9 Å². The highest BCUT2D eigenvalue weighted by Crippen LogP contribution is 2.31. The van der Waals surface area contributed by atoms with Gasteiger partial charge in [-0.25, -0.2) is 0 Å². The average molecular weight is 326 g/mol. The van der Waals surface area contributed by atoms with Gasteiger partial charge in [-0.1, -0.05) is 5.16 Å². The van der Waals surface area contributed by atoms with Crippen molar-refractivity contribution in [3.8, 4) is 0 Å². The SMILES string of the molecule is Cc1ccc(C(=O)N2CC[C@H](c3noc(C(F)(F)F)n3)C2)cn1. The number of pyridine rings is 1. The summed E-state index contributed by atoms with van der Waals surface area (Å²) in [7, 11) is 0. The standard InChI is InChI=1S/C14H13F3N4O2/c1-8-2-3-9(6-18-8)12(22)21-5-4-10(7-21)11-19-13(23-20-11)14(15,16)17/h2-3,6,10H,4-5,7H2,1H3/t10-/m0/s1. The summed E-state index contributed by atoms with van der Waals surface area (Å²) >= 11 is 0. The fraction of sp³-hybridized carbons (Fsp3) is 0.429. The van der Waals surface area contributed by atoms with Crippen LogP contribution in [0, 0.1) is 6.92 Å². The Morgan fingerprint density at radius 2 is 2.17 bits per heavy atom. The van der Waals surface area contributed by atoms with Gasteiger partial charge in [0.15, 0.2) is 5.82 Å². The number of alkyl halides is 3. The Balaban J connectivity index is 1.69. The molecule has 0 spiro atoms. The lowest BCUT2D eigenvalue weighted by molar-refractivity contribution is -0.159. The number of rotatable bonds is 2. The van der Waals surface area contributed by atoms with Crippen molar-refractivity contribution in [3.63, 3.8) is 0 Å². The lowest BCUT2D eigenvalue weighted by Crippen LogP contribution is -2.28. The highest BCUT2D eigenvalue weighted by molar-refractivity contribution is 5.94. The number of likely N-dealkylation sites (tertiary alicyclic amines) is 1. The van der Waals surface area contributed by atoms with E-state index in [1.54, 1.807) is 17.0 Å². The van der Waals surface area contributed by atoms with E-state index in [9.17, 15) is 18.0 Å². The molecule has 0 aromatic carbocycles. The van der Waals surface area contributed by atoms with Crippen LogP contribution < -0.4 is 0 Å². The van der Waals surface area contributed by atoms with E-state index < -0.39 is 12.1 Å². The fourth-order valence-electron chi connectivity index (χ4n) is 2.45. The zero-order chi connectivity index (χ0) is 16.6. The molecule has 1 fully saturated rings. The second kappa shape index (κ2) is 5.64. The van der Waals surface area contributed by atoms with Gasteiger partial charge in [-0.15, -0.1) is 0 Å². The minimum absolute atomic E-state index is 0.0188. The van der Waals surface area contributed by atoms with Crippen molar-refractivity contribution >= 4 is 5.91 Å². The maximum absolute atomic E-state index is 12.5. The summed E-state index contributed by atoms with van der Waals surface area (Å²) in [6, 6.07) is 3.41. The Bertz CT molecular complexity index is 712. The van der Waals surface area contributed by atoms with Crippen molar-refractivity contribution in [3.05, 3.63) is 41.3 Å². The monoisotopic (exact) mass is 326 g/mol. The van der Waals surface area contributed by atoms with Gasteiger partial charge in [-0.2, -0.15) is 18.2 Å². The summed E-state index contributed by atoms with van der Waals surface area (Å²) in [5.74, 6) is -1.95. The third-order valence-corrected chi connectivity index (χ3v) is 3.68. The fourth-order valence-corrected chi connectivity index (χ4v) is 2.45. The number of aromatic nitrogens is 3. The topological polar surface area (TPSA) is 72.1 Å². The molecule has 2 aromatic rings. The van der Waals surface area contributed by atoms with Gasteiger partial charge in [-0.05, 0) is 25.5 Å². The van der Waals surface area contributed by atoms with Crippen molar-refractivity contribution in [2.45, 2.75) is 25.4 Å². The molecule has 122 valence electrons. The van der Waals surface area contributed by atoms with Crippen LogP contribution in [0.1, 0.15) is 40.1 Å². The molecule has 1 aliphatic heterocycles. The second-order valence-corrected chi connectivity index (χ2v) is 5.38. The van der Waals surface area contributed by atoms with E-state index in [0.717, 1.165) is 5.69 Å². The Kier molecular flexibility index (Phi) is 3.78. The Labute approximate surface area is 129 Å². The molecule has 23 heavy (non-hydrogen) atoms. The zero-order valence-corrected chi connectivity index (χ0v) is 12.2. The van der Waals surface area contributed by atoms with E-state index in [1.807, 2.05) is 6.92 Å². The molecule has 9 heteroatoms. The van der Waals surface area contributed by atoms with Crippen LogP contribution in [0.25, 0.3) is 0 Å². The van der Waals surface area contributed by atoms with Gasteiger partial charge < -0.3 is 9.42 Å². The largest absolute Gasteiger partial charge is 0.471 e. The quantitative estimate of drug-likeness (QED) is 0.847. The van der Waals surface area contributed by atoms with E-state index in [0.29, 0.717) is 18.5 Å². The van der Waals surface area contributed by atoms with Crippen molar-refractivity contribution in [1.29, 1.82) is 0 Å². The molecule has 1 atom stereocenters. The first-order valence-corrected chi connectivity index (χ1v) is 6.97. The summed E-state index contributed by atoms with van der Waals surface area (Å²) < 4.78 is 41.7. The predicted octanol–water partition coefficient (Wildman–Crippen LogP) is 2.42. The summed E-state index contributed by atoms with van der Waals surface area (Å²) in [5.41, 5.74) is 1.24. The van der Waals surface area contributed by atoms with Crippen LogP contribution in [0.2, 0.25) is 0 Å². The van der Waals surface area contributed by atoms with Gasteiger partial charge in [0.25, 0.3) is 5.91 Å². The average Bonchev–Trinajstić information content (AvgIpc) is 3.16. The molecule has 0 unspecified atom stereocenters. The van der Waals surface area contributed by atoms with Crippen LogP contribution >= 0.6 is 0 Å². The van der Waals surface area contributed by atoms with Crippen LogP contribution in [0.5, 0.6) is 0 Å². The van der Waals surface area contributed by atoms with Crippen LogP contribution in [0.4, 0.5) is 13.2 Å². The maximum atomic E-state index is 12.5. The molecule has 1 saturated heterocycles. The minimum atomic E-state index is -4.66. The van der Waals surface area contributed by atoms with Crippen LogP contribution in [0.15, 0.2) is 22.9 Å². The number of amides is 1. The molecule has 1 aliphatic rings. The molecule has 0 aliphatic carbocycles. The first kappa shape index (κ1) is 15.4. The molecular weight excluding hydrogens is 313 g/mol. The third kappa shape index (κ3) is 3.17. The van der Waals surface area contributed by atoms with Crippen molar-refractivity contribution < 1.29 is 22.5 Å². The van der Waals surface area contributed by atoms with E-state index in [-0.39, 0.29) is 24.2 Å². The summed E-state index contributed by atoms with van der Waals surface area (Å²) in [5, 5.41) is 3.39. The number of carbonyl (C=O) groups excluding carboxylic acids is 1. The van der Waals surface area contributed by atoms with Crippen molar-refractivity contribution in [1.82, 2.24) is 20.0 Å². The molecule has 0 saturated carbocycles. The highest BCUT2D eigenvalue weighted by atomic mass is 19.4. The molecule has 3 heterocycles. The smallest absolute Gasteiger partial charge is 0.338 e. The Hall–Kier alpha value is -2.45. The summed E-state index contributed by atoms with van der Waals surface area (Å²) in [4.78, 5) is 21.4. The number of nitrogens with zero attached hydrogens (tertiary/aromatic N) is 4. The molecule has 3 rings (SSSR count). The van der Waals surface area contributed by atoms with E-state index in [1.165, 1.54) is 6.20 Å². The number of carbonyl (C=O) groups is 1. The zero-order valence-electron chi connectivity index (χ0n) is 12.2. The molecular formula is C14H13F3N4O2. The van der Waals surface area contributed by atoms with Gasteiger partial charge in [0.2, 0.25) is 0 Å². The summed E-state index contributed by atoms with van der Waals surface area (Å²) in [6.07, 6.45) is -2.68. The molecule has 2 aromatic heterocycles. The van der Waals surface area contributed by atoms with Gasteiger partial charge in [0.1, 0.15) is 0 Å². The maximum Gasteiger partial charge on any atom is 0.471 e. The van der Waals surface area contributed by atoms with Crippen LogP contribution in [0.3, 0.4) is 0 Å². The number of halogens is 3. The minimum Gasteiger partial charge on any atom is -0.338 e. The number of hydrogen-bond donors (Lipinski definition) is 0. The first-order valence-electron chi connectivity index (χ1n) is 6.97. The van der Waals surface area contributed by atoms with Crippen LogP contribution in [-0.2, 0) is 6.18 Å². The highest BCUT2D eigenvalue weighted by Gasteiger charge is 2.40. The molecule has 0 bridgehead atoms. The van der Waals surface area contributed by atoms with E-state index in [4.69, 9.17) is 0 Å². The molecule has 0 N–H and O–H groups in total. The molecule has 1 amide bonds. The Morgan fingerprint density at radius 1 is 1.39 bits per heavy atom. The molecule has 6 nitrogen and oxygen atoms in total. The number of aryl methyl sites for hydroxylation is 1. The lowest BCUT2D eigenvalue weighted by atomic mass is 10.1. The van der Waals surface area contributed by atoms with E-state index >= 15 is 0 Å². The molecule has 0 radical (unpaired) electrons. The van der Waals surface area contributed by atoms with Gasteiger partial charge >= 0.3 is 12.1 Å². The Morgan fingerprint density at radius 3 is 2.78 bits per heavy atom. The van der Waals surface area contributed by atoms with Crippen molar-refractivity contribution in [2.24, 2.45) is 0 Å². The second-order valence-electron chi connectivity index (χ2n) is 5.38. The third-order valence-electron chi connectivity index (χ3n) is 3.68. The lowest BCUT2D eigenvalue weighted by Gasteiger charge is -2.15. The predicted molar refractivity (Wildman–Crippen MR) is 71.5 cm³/mol. The van der Waals surface area contributed by atoms with Gasteiger partial charge in [-0.3, -0.25) is 9.78 Å². The normalized spacial score (nSPS) is 18.4. The van der Waals surface area contributed by atoms with Gasteiger partial charge in [0.05, 0.1) is 5.56 Å². The van der Waals surface area contributed by atoms with E-state index in [2.05, 4.69) is 19.6 Å². The van der Waals surface area contributed by atoms with Crippen LogP contribution in [-0.4, -0.2) is 39.0 Å².